The van der Waals surface area contributed by atoms with E-state index in [1.165, 1.54) is 51.4 Å². The summed E-state index contributed by atoms with van der Waals surface area (Å²) in [4.78, 5) is 23.5. The van der Waals surface area contributed by atoms with Crippen molar-refractivity contribution in [2.45, 2.75) is 77.0 Å². The Balaban J connectivity index is 1.40. The van der Waals surface area contributed by atoms with Crippen LogP contribution in [0.15, 0.2) is 0 Å². The topological polar surface area (TPSA) is 58.2 Å². The molecule has 0 aromatic rings. The Morgan fingerprint density at radius 2 is 1.05 bits per heavy atom. The highest BCUT2D eigenvalue weighted by atomic mass is 16.2. The van der Waals surface area contributed by atoms with Crippen LogP contribution in [-0.2, 0) is 9.59 Å². The maximum Gasteiger partial charge on any atom is 0.220 e. The van der Waals surface area contributed by atoms with Crippen molar-refractivity contribution in [3.8, 4) is 0 Å². The van der Waals surface area contributed by atoms with E-state index in [2.05, 4.69) is 10.6 Å². The molecule has 126 valence electrons. The highest BCUT2D eigenvalue weighted by molar-refractivity contribution is 5.76. The van der Waals surface area contributed by atoms with E-state index in [-0.39, 0.29) is 11.8 Å². The van der Waals surface area contributed by atoms with Crippen LogP contribution in [0.25, 0.3) is 0 Å². The number of hydrogen-bond acceptors (Lipinski definition) is 2. The smallest absolute Gasteiger partial charge is 0.220 e. The minimum atomic E-state index is 0.206. The Morgan fingerprint density at radius 3 is 1.41 bits per heavy atom. The molecule has 2 aliphatic rings. The standard InChI is InChI=1S/C18H32N2O2/c21-17(13-15-7-1-2-8-15)19-11-5-6-12-20-18(22)14-16-9-3-4-10-16/h15-16H,1-14H2,(H,19,21)(H,20,22). The minimum absolute atomic E-state index is 0.206. The van der Waals surface area contributed by atoms with Gasteiger partial charge in [0.05, 0.1) is 0 Å². The molecule has 0 atom stereocenters. The van der Waals surface area contributed by atoms with E-state index in [0.717, 1.165) is 25.9 Å². The Kier molecular flexibility index (Phi) is 7.75. The Morgan fingerprint density at radius 1 is 0.682 bits per heavy atom. The van der Waals surface area contributed by atoms with Crippen molar-refractivity contribution in [1.29, 1.82) is 0 Å². The van der Waals surface area contributed by atoms with Crippen molar-refractivity contribution in [3.05, 3.63) is 0 Å². The zero-order valence-electron chi connectivity index (χ0n) is 13.9. The summed E-state index contributed by atoms with van der Waals surface area (Å²) in [6.07, 6.45) is 13.4. The Bertz CT molecular complexity index is 311. The molecule has 0 aromatic heterocycles. The third-order valence-corrected chi connectivity index (χ3v) is 5.15. The summed E-state index contributed by atoms with van der Waals surface area (Å²) in [5.41, 5.74) is 0. The second-order valence-electron chi connectivity index (χ2n) is 7.12. The van der Waals surface area contributed by atoms with E-state index in [1.807, 2.05) is 0 Å². The number of nitrogens with one attached hydrogen (secondary N) is 2. The fourth-order valence-corrected chi connectivity index (χ4v) is 3.80. The molecule has 22 heavy (non-hydrogen) atoms. The van der Waals surface area contributed by atoms with Crippen molar-refractivity contribution < 1.29 is 9.59 Å². The molecule has 0 radical (unpaired) electrons. The van der Waals surface area contributed by atoms with Gasteiger partial charge in [-0.1, -0.05) is 25.7 Å². The van der Waals surface area contributed by atoms with E-state index in [0.29, 0.717) is 24.7 Å². The van der Waals surface area contributed by atoms with E-state index < -0.39 is 0 Å². The summed E-state index contributed by atoms with van der Waals surface area (Å²) in [6, 6.07) is 0. The zero-order valence-corrected chi connectivity index (χ0v) is 13.9. The lowest BCUT2D eigenvalue weighted by Crippen LogP contribution is -2.28. The highest BCUT2D eigenvalue weighted by Gasteiger charge is 2.18. The molecule has 0 aliphatic heterocycles. The predicted octanol–water partition coefficient (Wildman–Crippen LogP) is 3.16. The molecule has 0 heterocycles. The van der Waals surface area contributed by atoms with E-state index in [4.69, 9.17) is 0 Å². The average molecular weight is 308 g/mol. The van der Waals surface area contributed by atoms with Crippen molar-refractivity contribution in [2.75, 3.05) is 13.1 Å². The lowest BCUT2D eigenvalue weighted by Gasteiger charge is -2.11. The SMILES string of the molecule is O=C(CC1CCCC1)NCCCCNC(=O)CC1CCCC1. The van der Waals surface area contributed by atoms with Crippen LogP contribution in [0.1, 0.15) is 77.0 Å². The summed E-state index contributed by atoms with van der Waals surface area (Å²) in [6.45, 7) is 1.48. The third kappa shape index (κ3) is 6.80. The van der Waals surface area contributed by atoms with Gasteiger partial charge in [0.15, 0.2) is 0 Å². The fraction of sp³-hybridized carbons (Fsp3) is 0.889. The van der Waals surface area contributed by atoms with Gasteiger partial charge in [0.25, 0.3) is 0 Å². The summed E-state index contributed by atoms with van der Waals surface area (Å²) >= 11 is 0. The van der Waals surface area contributed by atoms with Crippen molar-refractivity contribution in [1.82, 2.24) is 10.6 Å². The van der Waals surface area contributed by atoms with Crippen LogP contribution in [0.2, 0.25) is 0 Å². The maximum atomic E-state index is 11.8. The second-order valence-corrected chi connectivity index (χ2v) is 7.12. The lowest BCUT2D eigenvalue weighted by atomic mass is 10.0. The molecule has 0 aromatic carbocycles. The molecule has 4 nitrogen and oxygen atoms in total. The summed E-state index contributed by atoms with van der Waals surface area (Å²) in [7, 11) is 0. The number of hydrogen-bond donors (Lipinski definition) is 2. The van der Waals surface area contributed by atoms with Crippen LogP contribution < -0.4 is 10.6 Å². The molecule has 2 aliphatic carbocycles. The van der Waals surface area contributed by atoms with Crippen molar-refractivity contribution >= 4 is 11.8 Å². The molecule has 0 saturated heterocycles. The van der Waals surface area contributed by atoms with Crippen molar-refractivity contribution in [3.63, 3.8) is 0 Å². The largest absolute Gasteiger partial charge is 0.356 e. The average Bonchev–Trinajstić information content (AvgIpc) is 3.16. The molecule has 2 fully saturated rings. The van der Waals surface area contributed by atoms with Gasteiger partial charge in [-0.2, -0.15) is 0 Å². The quantitative estimate of drug-likeness (QED) is 0.643. The van der Waals surface area contributed by atoms with Gasteiger partial charge in [-0.3, -0.25) is 9.59 Å². The van der Waals surface area contributed by atoms with Gasteiger partial charge in [0.2, 0.25) is 11.8 Å². The lowest BCUT2D eigenvalue weighted by molar-refractivity contribution is -0.123. The van der Waals surface area contributed by atoms with Gasteiger partial charge in [-0.25, -0.2) is 0 Å². The molecule has 4 heteroatoms. The van der Waals surface area contributed by atoms with Gasteiger partial charge in [-0.15, -0.1) is 0 Å². The molecule has 0 bridgehead atoms. The minimum Gasteiger partial charge on any atom is -0.356 e. The normalized spacial score (nSPS) is 19.5. The molecule has 0 unspecified atom stereocenters. The fourth-order valence-electron chi connectivity index (χ4n) is 3.80. The number of amides is 2. The van der Waals surface area contributed by atoms with E-state index in [9.17, 15) is 9.59 Å². The molecular weight excluding hydrogens is 276 g/mol. The van der Waals surface area contributed by atoms with Crippen LogP contribution in [0, 0.1) is 11.8 Å². The Labute approximate surface area is 134 Å². The molecule has 2 amide bonds. The number of rotatable bonds is 9. The maximum absolute atomic E-state index is 11.8. The van der Waals surface area contributed by atoms with E-state index >= 15 is 0 Å². The third-order valence-electron chi connectivity index (χ3n) is 5.15. The van der Waals surface area contributed by atoms with Crippen LogP contribution in [0.3, 0.4) is 0 Å². The van der Waals surface area contributed by atoms with Crippen LogP contribution in [0.4, 0.5) is 0 Å². The molecule has 0 spiro atoms. The van der Waals surface area contributed by atoms with Crippen LogP contribution >= 0.6 is 0 Å². The summed E-state index contributed by atoms with van der Waals surface area (Å²) < 4.78 is 0. The predicted molar refractivity (Wildman–Crippen MR) is 88.4 cm³/mol. The zero-order chi connectivity index (χ0) is 15.6. The van der Waals surface area contributed by atoms with E-state index in [1.54, 1.807) is 0 Å². The second kappa shape index (κ2) is 9.86. The number of unbranched alkanes of at least 4 members (excludes halogenated alkanes) is 1. The van der Waals surface area contributed by atoms with Gasteiger partial charge < -0.3 is 10.6 Å². The molecule has 2 saturated carbocycles. The molecule has 2 rings (SSSR count). The highest BCUT2D eigenvalue weighted by Crippen LogP contribution is 2.27. The summed E-state index contributed by atoms with van der Waals surface area (Å²) in [5, 5.41) is 6.01. The van der Waals surface area contributed by atoms with Gasteiger partial charge in [0.1, 0.15) is 0 Å². The van der Waals surface area contributed by atoms with Gasteiger partial charge in [0, 0.05) is 25.9 Å². The number of carbonyl (C=O) groups excluding carboxylic acids is 2. The first kappa shape index (κ1) is 17.3. The van der Waals surface area contributed by atoms with Crippen LogP contribution in [0.5, 0.6) is 0 Å². The Hall–Kier alpha value is -1.06. The van der Waals surface area contributed by atoms with Gasteiger partial charge >= 0.3 is 0 Å². The monoisotopic (exact) mass is 308 g/mol. The first-order valence-electron chi connectivity index (χ1n) is 9.27. The first-order valence-corrected chi connectivity index (χ1v) is 9.27. The number of carbonyl (C=O) groups is 2. The van der Waals surface area contributed by atoms with Crippen molar-refractivity contribution in [2.24, 2.45) is 11.8 Å². The molecule has 2 N–H and O–H groups in total. The van der Waals surface area contributed by atoms with Gasteiger partial charge in [-0.05, 0) is 50.4 Å². The molecular formula is C18H32N2O2. The van der Waals surface area contributed by atoms with Crippen LogP contribution in [-0.4, -0.2) is 24.9 Å². The first-order chi connectivity index (χ1) is 10.7. The summed E-state index contributed by atoms with van der Waals surface area (Å²) in [5.74, 6) is 1.65.